The maximum atomic E-state index is 15.3. The highest BCUT2D eigenvalue weighted by atomic mass is 127. The van der Waals surface area contributed by atoms with Crippen molar-refractivity contribution in [3.8, 4) is 0 Å². The number of rotatable bonds is 9. The number of fused-ring (bicyclic) bond motifs is 1. The highest BCUT2D eigenvalue weighted by molar-refractivity contribution is 14.1. The van der Waals surface area contributed by atoms with Crippen molar-refractivity contribution in [1.82, 2.24) is 9.47 Å². The van der Waals surface area contributed by atoms with Crippen molar-refractivity contribution in [3.63, 3.8) is 0 Å². The van der Waals surface area contributed by atoms with Crippen molar-refractivity contribution < 1.29 is 37.0 Å². The topological polar surface area (TPSA) is 89.9 Å². The van der Waals surface area contributed by atoms with Gasteiger partial charge in [0.1, 0.15) is 17.8 Å². The smallest absolute Gasteiger partial charge is 0.308 e. The number of carbonyl (C=O) groups excluding carboxylic acids is 3. The molecule has 44 heavy (non-hydrogen) atoms. The number of alkyl halides is 2. The third-order valence-electron chi connectivity index (χ3n) is 8.63. The fraction of sp³-hybridized carbons (Fsp3) is 0.469. The van der Waals surface area contributed by atoms with E-state index in [0.717, 1.165) is 0 Å². The van der Waals surface area contributed by atoms with Crippen LogP contribution < -0.4 is 5.32 Å². The minimum Gasteiger partial charge on any atom is -0.469 e. The van der Waals surface area contributed by atoms with Gasteiger partial charge in [-0.05, 0) is 61.1 Å². The summed E-state index contributed by atoms with van der Waals surface area (Å²) in [5.74, 6) is -2.56. The average Bonchev–Trinajstić information content (AvgIpc) is 3.57. The molecule has 0 unspecified atom stereocenters. The first-order valence-electron chi connectivity index (χ1n) is 14.6. The zero-order valence-corrected chi connectivity index (χ0v) is 26.7. The lowest BCUT2D eigenvalue weighted by molar-refractivity contribution is -0.148. The Kier molecular flexibility index (Phi) is 10.2. The Morgan fingerprint density at radius 2 is 1.82 bits per heavy atom. The summed E-state index contributed by atoms with van der Waals surface area (Å²) in [6, 6.07) is 6.78. The third kappa shape index (κ3) is 6.90. The average molecular weight is 726 g/mol. The predicted octanol–water partition coefficient (Wildman–Crippen LogP) is 5.87. The molecule has 1 saturated carbocycles. The molecule has 0 bridgehead atoms. The number of esters is 1. The summed E-state index contributed by atoms with van der Waals surface area (Å²) in [4.78, 5) is 39.7. The maximum Gasteiger partial charge on any atom is 0.308 e. The monoisotopic (exact) mass is 725 g/mol. The zero-order chi connectivity index (χ0) is 31.5. The van der Waals surface area contributed by atoms with Crippen molar-refractivity contribution in [3.05, 3.63) is 64.9 Å². The van der Waals surface area contributed by atoms with E-state index in [4.69, 9.17) is 9.47 Å². The van der Waals surface area contributed by atoms with E-state index in [0.29, 0.717) is 41.2 Å². The molecule has 5 rings (SSSR count). The van der Waals surface area contributed by atoms with Gasteiger partial charge in [-0.1, -0.05) is 28.7 Å². The Bertz CT molecular complexity index is 1560. The van der Waals surface area contributed by atoms with Crippen LogP contribution in [-0.2, 0) is 37.0 Å². The number of aromatic nitrogens is 1. The molecular weight excluding hydrogens is 690 g/mol. The normalized spacial score (nSPS) is 21.9. The first-order valence-corrected chi connectivity index (χ1v) is 16.2. The molecule has 2 fully saturated rings. The fourth-order valence-electron chi connectivity index (χ4n) is 6.26. The Labute approximate surface area is 267 Å². The van der Waals surface area contributed by atoms with Gasteiger partial charge in [-0.25, -0.2) is 13.2 Å². The van der Waals surface area contributed by atoms with Crippen LogP contribution in [0.1, 0.15) is 53.6 Å². The van der Waals surface area contributed by atoms with E-state index in [2.05, 4.69) is 27.9 Å². The molecule has 1 aliphatic carbocycles. The molecule has 8 nitrogen and oxygen atoms in total. The van der Waals surface area contributed by atoms with Crippen LogP contribution in [0.5, 0.6) is 0 Å². The van der Waals surface area contributed by atoms with Crippen LogP contribution >= 0.6 is 22.6 Å². The van der Waals surface area contributed by atoms with E-state index in [1.165, 1.54) is 36.4 Å². The van der Waals surface area contributed by atoms with Gasteiger partial charge in [0.2, 0.25) is 5.91 Å². The Balaban J connectivity index is 1.24. The second-order valence-electron chi connectivity index (χ2n) is 11.5. The van der Waals surface area contributed by atoms with Crippen LogP contribution in [0.2, 0.25) is 0 Å². The molecule has 1 N–H and O–H groups in total. The standard InChI is InChI=1S/C32H35F3IN3O5/c1-38-16-24(30-25(34)4-3-5-28(30)38)31(41)37-27-13-26(35)19(10-20(27)14-36)11-29(40)39-15-21(33)12-22(39)17-44-23-8-6-18(7-9-23)32(42)43-2/h3-5,10,13,16,18,21-23H,6-9,11-12,14-15,17H2,1-2H3,(H,37,41)/t18?,21-,22-,23?/m0/s1. The third-order valence-corrected chi connectivity index (χ3v) is 9.45. The van der Waals surface area contributed by atoms with Gasteiger partial charge < -0.3 is 24.3 Å². The number of anilines is 1. The first kappa shape index (κ1) is 32.3. The maximum absolute atomic E-state index is 15.3. The van der Waals surface area contributed by atoms with Gasteiger partial charge in [-0.3, -0.25) is 14.4 Å². The number of methoxy groups -OCH3 is 1. The molecule has 0 radical (unpaired) electrons. The molecule has 1 aromatic heterocycles. The van der Waals surface area contributed by atoms with E-state index < -0.39 is 35.7 Å². The lowest BCUT2D eigenvalue weighted by Crippen LogP contribution is -2.40. The van der Waals surface area contributed by atoms with Gasteiger partial charge in [0.25, 0.3) is 5.91 Å². The molecule has 2 amide bonds. The largest absolute Gasteiger partial charge is 0.469 e. The van der Waals surface area contributed by atoms with E-state index in [1.807, 2.05) is 0 Å². The number of hydrogen-bond acceptors (Lipinski definition) is 5. The van der Waals surface area contributed by atoms with Crippen LogP contribution in [0.25, 0.3) is 10.9 Å². The summed E-state index contributed by atoms with van der Waals surface area (Å²) in [6.07, 6.45) is 2.80. The first-order chi connectivity index (χ1) is 21.1. The molecule has 3 aromatic rings. The molecule has 0 spiro atoms. The summed E-state index contributed by atoms with van der Waals surface area (Å²) in [6.45, 7) is 0.0827. The van der Waals surface area contributed by atoms with Gasteiger partial charge >= 0.3 is 5.97 Å². The summed E-state index contributed by atoms with van der Waals surface area (Å²) in [5.41, 5.74) is 1.63. The number of hydrogen-bond donors (Lipinski definition) is 1. The summed E-state index contributed by atoms with van der Waals surface area (Å²) in [5, 5.41) is 2.89. The van der Waals surface area contributed by atoms with E-state index in [1.54, 1.807) is 23.7 Å². The van der Waals surface area contributed by atoms with Crippen molar-refractivity contribution >= 4 is 57.0 Å². The van der Waals surface area contributed by atoms with Crippen LogP contribution in [0.4, 0.5) is 18.9 Å². The lowest BCUT2D eigenvalue weighted by atomic mass is 9.87. The van der Waals surface area contributed by atoms with Gasteiger partial charge in [0, 0.05) is 35.2 Å². The lowest BCUT2D eigenvalue weighted by Gasteiger charge is -2.30. The zero-order valence-electron chi connectivity index (χ0n) is 24.6. The number of amides is 2. The van der Waals surface area contributed by atoms with Crippen molar-refractivity contribution in [2.24, 2.45) is 13.0 Å². The van der Waals surface area contributed by atoms with Gasteiger partial charge in [-0.15, -0.1) is 0 Å². The Morgan fingerprint density at radius 1 is 1.07 bits per heavy atom. The number of carbonyl (C=O) groups is 3. The van der Waals surface area contributed by atoms with Crippen LogP contribution in [-0.4, -0.2) is 65.8 Å². The second-order valence-corrected chi connectivity index (χ2v) is 12.3. The van der Waals surface area contributed by atoms with Crippen LogP contribution in [0.15, 0.2) is 36.5 Å². The molecular formula is C32H35F3IN3O5. The number of halogens is 4. The number of nitrogens with one attached hydrogen (secondary N) is 1. The van der Waals surface area contributed by atoms with E-state index >= 15 is 4.39 Å². The Morgan fingerprint density at radius 3 is 2.52 bits per heavy atom. The van der Waals surface area contributed by atoms with Gasteiger partial charge in [-0.2, -0.15) is 0 Å². The number of ether oxygens (including phenoxy) is 2. The van der Waals surface area contributed by atoms with Crippen molar-refractivity contribution in [2.45, 2.75) is 61.3 Å². The summed E-state index contributed by atoms with van der Waals surface area (Å²) < 4.78 is 57.3. The highest BCUT2D eigenvalue weighted by Crippen LogP contribution is 2.31. The molecule has 2 atom stereocenters. The molecule has 12 heteroatoms. The number of benzene rings is 2. The summed E-state index contributed by atoms with van der Waals surface area (Å²) >= 11 is 2.08. The molecule has 1 aliphatic heterocycles. The molecule has 1 saturated heterocycles. The predicted molar refractivity (Wildman–Crippen MR) is 167 cm³/mol. The van der Waals surface area contributed by atoms with Crippen LogP contribution in [0, 0.1) is 17.6 Å². The van der Waals surface area contributed by atoms with Gasteiger partial charge in [0.15, 0.2) is 0 Å². The Hall–Kier alpha value is -3.13. The van der Waals surface area contributed by atoms with Gasteiger partial charge in [0.05, 0.1) is 55.8 Å². The number of likely N-dealkylation sites (tertiary alicyclic amines) is 1. The molecule has 2 aromatic carbocycles. The molecule has 236 valence electrons. The molecule has 2 heterocycles. The highest BCUT2D eigenvalue weighted by Gasteiger charge is 2.37. The fourth-order valence-corrected chi connectivity index (χ4v) is 6.89. The van der Waals surface area contributed by atoms with E-state index in [9.17, 15) is 23.2 Å². The quantitative estimate of drug-likeness (QED) is 0.169. The van der Waals surface area contributed by atoms with Crippen LogP contribution in [0.3, 0.4) is 0 Å². The molecule has 2 aliphatic rings. The van der Waals surface area contributed by atoms with E-state index in [-0.39, 0.29) is 66.2 Å². The number of aryl methyl sites for hydroxylation is 1. The van der Waals surface area contributed by atoms with Crippen molar-refractivity contribution in [1.29, 1.82) is 0 Å². The summed E-state index contributed by atoms with van der Waals surface area (Å²) in [7, 11) is 3.08. The van der Waals surface area contributed by atoms with Crippen molar-refractivity contribution in [2.75, 3.05) is 25.6 Å². The second kappa shape index (κ2) is 13.9. The number of nitrogens with zero attached hydrogens (tertiary/aromatic N) is 2. The SMILES string of the molecule is COC(=O)C1CCC(OC[C@@H]2C[C@H](F)CN2C(=O)Cc2cc(CI)c(NC(=O)c3cn(C)c4cccc(F)c34)cc2F)CC1. The minimum absolute atomic E-state index is 0.0803. The minimum atomic E-state index is -1.20.